The third-order valence-corrected chi connectivity index (χ3v) is 2.94. The van der Waals surface area contributed by atoms with Gasteiger partial charge in [-0.05, 0) is 17.3 Å². The van der Waals surface area contributed by atoms with Crippen LogP contribution in [0.3, 0.4) is 0 Å². The molecule has 1 saturated heterocycles. The highest BCUT2D eigenvalue weighted by atomic mass is 16.6. The lowest BCUT2D eigenvalue weighted by molar-refractivity contribution is 0.116. The summed E-state index contributed by atoms with van der Waals surface area (Å²) in [5, 5.41) is 0. The summed E-state index contributed by atoms with van der Waals surface area (Å²) >= 11 is 0. The Bertz CT molecular complexity index is 152. The zero-order valence-electron chi connectivity index (χ0n) is 7.27. The molecule has 1 saturated carbocycles. The van der Waals surface area contributed by atoms with Crippen molar-refractivity contribution in [2.75, 3.05) is 0 Å². The van der Waals surface area contributed by atoms with E-state index < -0.39 is 0 Å². The van der Waals surface area contributed by atoms with Crippen LogP contribution in [0.1, 0.15) is 34.1 Å². The quantitative estimate of drug-likeness (QED) is 0.470. The van der Waals surface area contributed by atoms with E-state index in [0.29, 0.717) is 23.0 Å². The molecule has 1 heteroatoms. The van der Waals surface area contributed by atoms with Crippen molar-refractivity contribution in [3.05, 3.63) is 0 Å². The largest absolute Gasteiger partial charge is 0.368 e. The molecule has 0 bridgehead atoms. The van der Waals surface area contributed by atoms with Gasteiger partial charge in [0.15, 0.2) is 0 Å². The molecular weight excluding hydrogens is 124 g/mol. The fourth-order valence-electron chi connectivity index (χ4n) is 2.68. The minimum absolute atomic E-state index is 0.439. The molecule has 2 aliphatic rings. The lowest BCUT2D eigenvalue weighted by Gasteiger charge is -2.25. The molecule has 58 valence electrons. The van der Waals surface area contributed by atoms with Crippen LogP contribution in [0.15, 0.2) is 0 Å². The molecule has 10 heavy (non-hydrogen) atoms. The molecule has 0 aromatic heterocycles. The molecule has 0 aromatic rings. The van der Waals surface area contributed by atoms with E-state index in [1.165, 1.54) is 6.42 Å². The first-order valence-corrected chi connectivity index (χ1v) is 4.09. The summed E-state index contributed by atoms with van der Waals surface area (Å²) in [5.41, 5.74) is 0.877. The van der Waals surface area contributed by atoms with Crippen molar-refractivity contribution in [1.29, 1.82) is 0 Å². The second-order valence-electron chi connectivity index (χ2n) is 5.13. The summed E-state index contributed by atoms with van der Waals surface area (Å²) in [5.74, 6) is 0. The van der Waals surface area contributed by atoms with E-state index in [1.54, 1.807) is 0 Å². The smallest absolute Gasteiger partial charge is 0.0898 e. The maximum absolute atomic E-state index is 5.58. The molecule has 0 radical (unpaired) electrons. The maximum atomic E-state index is 5.58. The van der Waals surface area contributed by atoms with Crippen molar-refractivity contribution in [3.63, 3.8) is 0 Å². The second kappa shape index (κ2) is 1.42. The Hall–Kier alpha value is -0.0400. The molecule has 1 nitrogen and oxygen atoms in total. The predicted molar refractivity (Wildman–Crippen MR) is 40.8 cm³/mol. The molecule has 0 unspecified atom stereocenters. The minimum atomic E-state index is 0.439. The van der Waals surface area contributed by atoms with Gasteiger partial charge in [0.05, 0.1) is 12.2 Å². The summed E-state index contributed by atoms with van der Waals surface area (Å²) in [4.78, 5) is 0. The topological polar surface area (TPSA) is 12.5 Å². The molecule has 0 amide bonds. The standard InChI is InChI=1S/C9H16O/c1-8(2)5-9(3,4)7-6(8)10-7/h6-7H,5H2,1-4H3/t6-,7-/m0/s1. The van der Waals surface area contributed by atoms with Crippen LogP contribution in [0.5, 0.6) is 0 Å². The molecule has 0 N–H and O–H groups in total. The van der Waals surface area contributed by atoms with Crippen molar-refractivity contribution < 1.29 is 4.74 Å². The van der Waals surface area contributed by atoms with E-state index in [4.69, 9.17) is 4.74 Å². The van der Waals surface area contributed by atoms with Gasteiger partial charge in [-0.25, -0.2) is 0 Å². The van der Waals surface area contributed by atoms with E-state index in [9.17, 15) is 0 Å². The van der Waals surface area contributed by atoms with Gasteiger partial charge in [-0.15, -0.1) is 0 Å². The third-order valence-electron chi connectivity index (χ3n) is 2.94. The highest BCUT2D eigenvalue weighted by Gasteiger charge is 2.64. The lowest BCUT2D eigenvalue weighted by Crippen LogP contribution is -2.19. The first-order chi connectivity index (χ1) is 4.43. The van der Waals surface area contributed by atoms with E-state index in [1.807, 2.05) is 0 Å². The first kappa shape index (κ1) is 6.66. The summed E-state index contributed by atoms with van der Waals surface area (Å²) in [6.45, 7) is 9.25. The molecule has 1 aliphatic heterocycles. The first-order valence-electron chi connectivity index (χ1n) is 4.09. The molecule has 2 fully saturated rings. The number of hydrogen-bond acceptors (Lipinski definition) is 1. The molecule has 1 aliphatic carbocycles. The molecule has 0 spiro atoms. The van der Waals surface area contributed by atoms with Crippen LogP contribution in [-0.4, -0.2) is 12.2 Å². The van der Waals surface area contributed by atoms with E-state index in [-0.39, 0.29) is 0 Å². The Labute approximate surface area is 62.8 Å². The predicted octanol–water partition coefficient (Wildman–Crippen LogP) is 2.21. The number of rotatable bonds is 0. The number of hydrogen-bond donors (Lipinski definition) is 0. The van der Waals surface area contributed by atoms with Crippen molar-refractivity contribution in [2.24, 2.45) is 10.8 Å². The van der Waals surface area contributed by atoms with Gasteiger partial charge in [0.25, 0.3) is 0 Å². The van der Waals surface area contributed by atoms with Crippen LogP contribution >= 0.6 is 0 Å². The summed E-state index contributed by atoms with van der Waals surface area (Å²) in [6.07, 6.45) is 2.46. The lowest BCUT2D eigenvalue weighted by atomic mass is 9.83. The normalized spacial score (nSPS) is 46.8. The van der Waals surface area contributed by atoms with Crippen LogP contribution in [0, 0.1) is 10.8 Å². The van der Waals surface area contributed by atoms with Gasteiger partial charge < -0.3 is 4.74 Å². The number of epoxide rings is 1. The zero-order chi connectivity index (χ0) is 7.57. The monoisotopic (exact) mass is 140 g/mol. The highest BCUT2D eigenvalue weighted by molar-refractivity contribution is 5.11. The second-order valence-corrected chi connectivity index (χ2v) is 5.13. The van der Waals surface area contributed by atoms with Crippen molar-refractivity contribution in [2.45, 2.75) is 46.3 Å². The van der Waals surface area contributed by atoms with Crippen LogP contribution < -0.4 is 0 Å². The Balaban J connectivity index is 2.24. The number of fused-ring (bicyclic) bond motifs is 1. The average molecular weight is 140 g/mol. The zero-order valence-corrected chi connectivity index (χ0v) is 7.27. The van der Waals surface area contributed by atoms with Crippen LogP contribution in [0.25, 0.3) is 0 Å². The SMILES string of the molecule is CC1(C)CC(C)(C)[C@H]2O[C@@H]21. The fourth-order valence-corrected chi connectivity index (χ4v) is 2.68. The maximum Gasteiger partial charge on any atom is 0.0898 e. The molecule has 2 rings (SSSR count). The van der Waals surface area contributed by atoms with E-state index in [0.717, 1.165) is 0 Å². The van der Waals surface area contributed by atoms with Crippen LogP contribution in [0.4, 0.5) is 0 Å². The van der Waals surface area contributed by atoms with Gasteiger partial charge in [0.2, 0.25) is 0 Å². The summed E-state index contributed by atoms with van der Waals surface area (Å²) < 4.78 is 5.58. The Morgan fingerprint density at radius 1 is 1.00 bits per heavy atom. The Morgan fingerprint density at radius 2 is 1.40 bits per heavy atom. The van der Waals surface area contributed by atoms with Gasteiger partial charge in [-0.1, -0.05) is 27.7 Å². The Morgan fingerprint density at radius 3 is 1.50 bits per heavy atom. The van der Waals surface area contributed by atoms with Crippen molar-refractivity contribution in [1.82, 2.24) is 0 Å². The van der Waals surface area contributed by atoms with E-state index >= 15 is 0 Å². The summed E-state index contributed by atoms with van der Waals surface area (Å²) in [6, 6.07) is 0. The van der Waals surface area contributed by atoms with Crippen molar-refractivity contribution in [3.8, 4) is 0 Å². The van der Waals surface area contributed by atoms with Gasteiger partial charge in [0, 0.05) is 0 Å². The third kappa shape index (κ3) is 0.672. The minimum Gasteiger partial charge on any atom is -0.368 e. The van der Waals surface area contributed by atoms with Crippen LogP contribution in [0.2, 0.25) is 0 Å². The fraction of sp³-hybridized carbons (Fsp3) is 1.00. The molecular formula is C9H16O. The van der Waals surface area contributed by atoms with Crippen molar-refractivity contribution >= 4 is 0 Å². The average Bonchev–Trinajstić information content (AvgIpc) is 2.29. The van der Waals surface area contributed by atoms with Gasteiger partial charge in [-0.2, -0.15) is 0 Å². The Kier molecular flexibility index (Phi) is 0.949. The van der Waals surface area contributed by atoms with Gasteiger partial charge in [-0.3, -0.25) is 0 Å². The van der Waals surface area contributed by atoms with Gasteiger partial charge in [0.1, 0.15) is 0 Å². The number of ether oxygens (including phenoxy) is 1. The van der Waals surface area contributed by atoms with E-state index in [2.05, 4.69) is 27.7 Å². The molecule has 1 heterocycles. The molecule has 0 aromatic carbocycles. The van der Waals surface area contributed by atoms with Gasteiger partial charge >= 0.3 is 0 Å². The highest BCUT2D eigenvalue weighted by Crippen LogP contribution is 2.60. The van der Waals surface area contributed by atoms with Crippen LogP contribution in [-0.2, 0) is 4.74 Å². The summed E-state index contributed by atoms with van der Waals surface area (Å²) in [7, 11) is 0. The molecule has 2 atom stereocenters.